The van der Waals surface area contributed by atoms with E-state index in [2.05, 4.69) is 18.2 Å². The predicted molar refractivity (Wildman–Crippen MR) is 86.5 cm³/mol. The van der Waals surface area contributed by atoms with E-state index in [1.54, 1.807) is 19.1 Å². The number of rotatable bonds is 7. The number of hydrogen-bond donors (Lipinski definition) is 1. The van der Waals surface area contributed by atoms with Crippen LogP contribution in [-0.2, 0) is 9.53 Å². The summed E-state index contributed by atoms with van der Waals surface area (Å²) in [6.07, 6.45) is 2.16. The molecule has 122 valence electrons. The first kappa shape index (κ1) is 17.1. The highest BCUT2D eigenvalue weighted by Crippen LogP contribution is 2.36. The molecule has 1 heterocycles. The van der Waals surface area contributed by atoms with Gasteiger partial charge in [0.15, 0.2) is 0 Å². The van der Waals surface area contributed by atoms with E-state index in [1.807, 2.05) is 12.1 Å². The lowest BCUT2D eigenvalue weighted by Gasteiger charge is -2.24. The van der Waals surface area contributed by atoms with Gasteiger partial charge in [-0.15, -0.1) is 0 Å². The van der Waals surface area contributed by atoms with Gasteiger partial charge in [0.1, 0.15) is 12.4 Å². The van der Waals surface area contributed by atoms with Crippen LogP contribution in [-0.4, -0.2) is 48.3 Å². The third-order valence-corrected chi connectivity index (χ3v) is 5.28. The van der Waals surface area contributed by atoms with E-state index >= 15 is 0 Å². The van der Waals surface area contributed by atoms with Crippen molar-refractivity contribution in [2.45, 2.75) is 37.6 Å². The summed E-state index contributed by atoms with van der Waals surface area (Å²) in [6.45, 7) is 5.41. The highest BCUT2D eigenvalue weighted by Gasteiger charge is 2.27. The zero-order valence-corrected chi connectivity index (χ0v) is 14.1. The Hall–Kier alpha value is -1.24. The Morgan fingerprint density at radius 2 is 2.09 bits per heavy atom. The molecular formula is C16H23NO4S. The zero-order chi connectivity index (χ0) is 16.1. The first-order valence-corrected chi connectivity index (χ1v) is 8.18. The summed E-state index contributed by atoms with van der Waals surface area (Å²) < 4.78 is 12.9. The lowest BCUT2D eigenvalue weighted by molar-refractivity contribution is -0.142. The Kier molecular flexibility index (Phi) is 6.11. The molecule has 1 aromatic carbocycles. The molecule has 1 saturated heterocycles. The molecule has 0 amide bonds. The Bertz CT molecular complexity index is 512. The SMILES string of the molecule is COc1cc(C)c(SN2CCCC2COCC(=O)O)c(C)c1. The van der Waals surface area contributed by atoms with Gasteiger partial charge in [0.25, 0.3) is 0 Å². The fraction of sp³-hybridized carbons (Fsp3) is 0.562. The summed E-state index contributed by atoms with van der Waals surface area (Å²) in [6, 6.07) is 4.35. The molecule has 0 spiro atoms. The molecule has 0 bridgehead atoms. The minimum atomic E-state index is -0.918. The highest BCUT2D eigenvalue weighted by molar-refractivity contribution is 7.97. The highest BCUT2D eigenvalue weighted by atomic mass is 32.2. The van der Waals surface area contributed by atoms with Gasteiger partial charge in [0.05, 0.1) is 13.7 Å². The Balaban J connectivity index is 2.01. The molecule has 1 aromatic rings. The van der Waals surface area contributed by atoms with Crippen molar-refractivity contribution >= 4 is 17.9 Å². The van der Waals surface area contributed by atoms with E-state index in [1.165, 1.54) is 16.0 Å². The van der Waals surface area contributed by atoms with Gasteiger partial charge in [0, 0.05) is 17.5 Å². The van der Waals surface area contributed by atoms with Crippen molar-refractivity contribution in [2.24, 2.45) is 0 Å². The van der Waals surface area contributed by atoms with Gasteiger partial charge in [0.2, 0.25) is 0 Å². The average Bonchev–Trinajstić information content (AvgIpc) is 2.89. The molecule has 1 N–H and O–H groups in total. The minimum absolute atomic E-state index is 0.227. The Labute approximate surface area is 135 Å². The van der Waals surface area contributed by atoms with Gasteiger partial charge in [-0.2, -0.15) is 0 Å². The smallest absolute Gasteiger partial charge is 0.329 e. The lowest BCUT2D eigenvalue weighted by atomic mass is 10.1. The molecule has 1 fully saturated rings. The van der Waals surface area contributed by atoms with E-state index in [0.29, 0.717) is 6.61 Å². The van der Waals surface area contributed by atoms with Crippen molar-refractivity contribution in [2.75, 3.05) is 26.9 Å². The quantitative estimate of drug-likeness (QED) is 0.778. The number of aryl methyl sites for hydroxylation is 2. The summed E-state index contributed by atoms with van der Waals surface area (Å²) in [4.78, 5) is 11.8. The fourth-order valence-corrected chi connectivity index (χ4v) is 3.84. The largest absolute Gasteiger partial charge is 0.497 e. The van der Waals surface area contributed by atoms with Crippen LogP contribution < -0.4 is 4.74 Å². The van der Waals surface area contributed by atoms with Crippen LogP contribution in [0, 0.1) is 13.8 Å². The normalized spacial score (nSPS) is 18.6. The van der Waals surface area contributed by atoms with Gasteiger partial charge in [-0.1, -0.05) is 0 Å². The maximum Gasteiger partial charge on any atom is 0.329 e. The van der Waals surface area contributed by atoms with Crippen molar-refractivity contribution in [3.05, 3.63) is 23.3 Å². The van der Waals surface area contributed by atoms with E-state index in [-0.39, 0.29) is 12.6 Å². The maximum absolute atomic E-state index is 10.5. The van der Waals surface area contributed by atoms with E-state index in [0.717, 1.165) is 25.1 Å². The number of carboxylic acid groups (broad SMARTS) is 1. The molecule has 2 rings (SSSR count). The van der Waals surface area contributed by atoms with Crippen LogP contribution in [0.4, 0.5) is 0 Å². The van der Waals surface area contributed by atoms with Gasteiger partial charge >= 0.3 is 5.97 Å². The molecule has 1 unspecified atom stereocenters. The summed E-state index contributed by atoms with van der Waals surface area (Å²) in [5.41, 5.74) is 2.39. The molecule has 1 aliphatic heterocycles. The fourth-order valence-electron chi connectivity index (χ4n) is 2.67. The van der Waals surface area contributed by atoms with Crippen molar-refractivity contribution in [1.82, 2.24) is 4.31 Å². The number of ether oxygens (including phenoxy) is 2. The standard InChI is InChI=1S/C16H23NO4S/c1-11-7-14(20-3)8-12(2)16(11)22-17-6-4-5-13(17)9-21-10-15(18)19/h7-8,13H,4-6,9-10H2,1-3H3,(H,18,19). The van der Waals surface area contributed by atoms with Gasteiger partial charge in [-0.3, -0.25) is 0 Å². The molecule has 1 atom stereocenters. The monoisotopic (exact) mass is 325 g/mol. The molecule has 22 heavy (non-hydrogen) atoms. The van der Waals surface area contributed by atoms with Crippen LogP contribution in [0.5, 0.6) is 5.75 Å². The van der Waals surface area contributed by atoms with Crippen LogP contribution in [0.2, 0.25) is 0 Å². The topological polar surface area (TPSA) is 59.0 Å². The molecule has 5 nitrogen and oxygen atoms in total. The molecular weight excluding hydrogens is 302 g/mol. The first-order valence-electron chi connectivity index (χ1n) is 7.40. The molecule has 0 radical (unpaired) electrons. The molecule has 0 aromatic heterocycles. The second-order valence-electron chi connectivity index (χ2n) is 5.53. The van der Waals surface area contributed by atoms with E-state index in [4.69, 9.17) is 14.6 Å². The van der Waals surface area contributed by atoms with Gasteiger partial charge < -0.3 is 14.6 Å². The predicted octanol–water partition coefficient (Wildman–Crippen LogP) is 2.88. The third-order valence-electron chi connectivity index (χ3n) is 3.74. The molecule has 0 saturated carbocycles. The molecule has 6 heteroatoms. The lowest BCUT2D eigenvalue weighted by Crippen LogP contribution is -2.28. The second kappa shape index (κ2) is 7.85. The average molecular weight is 325 g/mol. The van der Waals surface area contributed by atoms with Crippen molar-refractivity contribution in [3.8, 4) is 5.75 Å². The zero-order valence-electron chi connectivity index (χ0n) is 13.3. The third kappa shape index (κ3) is 4.38. The summed E-state index contributed by atoms with van der Waals surface area (Å²) in [5.74, 6) is -0.0406. The summed E-state index contributed by atoms with van der Waals surface area (Å²) in [7, 11) is 1.68. The van der Waals surface area contributed by atoms with Crippen LogP contribution in [0.15, 0.2) is 17.0 Å². The van der Waals surface area contributed by atoms with Crippen LogP contribution in [0.25, 0.3) is 0 Å². The van der Waals surface area contributed by atoms with Crippen LogP contribution in [0.3, 0.4) is 0 Å². The molecule has 1 aliphatic rings. The van der Waals surface area contributed by atoms with E-state index in [9.17, 15) is 4.79 Å². The van der Waals surface area contributed by atoms with Crippen molar-refractivity contribution in [3.63, 3.8) is 0 Å². The Morgan fingerprint density at radius 1 is 1.41 bits per heavy atom. The number of hydrogen-bond acceptors (Lipinski definition) is 5. The van der Waals surface area contributed by atoms with Gasteiger partial charge in [-0.25, -0.2) is 9.10 Å². The number of aliphatic carboxylic acids is 1. The summed E-state index contributed by atoms with van der Waals surface area (Å²) in [5, 5.41) is 8.65. The molecule has 0 aliphatic carbocycles. The second-order valence-corrected chi connectivity index (χ2v) is 6.59. The maximum atomic E-state index is 10.5. The van der Waals surface area contributed by atoms with Crippen molar-refractivity contribution in [1.29, 1.82) is 0 Å². The number of carboxylic acids is 1. The minimum Gasteiger partial charge on any atom is -0.497 e. The number of carbonyl (C=O) groups is 1. The number of nitrogens with zero attached hydrogens (tertiary/aromatic N) is 1. The van der Waals surface area contributed by atoms with Gasteiger partial charge in [-0.05, 0) is 61.9 Å². The Morgan fingerprint density at radius 3 is 2.68 bits per heavy atom. The first-order chi connectivity index (χ1) is 10.5. The van der Waals surface area contributed by atoms with Crippen molar-refractivity contribution < 1.29 is 19.4 Å². The number of methoxy groups -OCH3 is 1. The van der Waals surface area contributed by atoms with Crippen LogP contribution >= 0.6 is 11.9 Å². The number of benzene rings is 1. The van der Waals surface area contributed by atoms with E-state index < -0.39 is 5.97 Å². The summed E-state index contributed by atoms with van der Waals surface area (Å²) >= 11 is 1.74. The van der Waals surface area contributed by atoms with Crippen LogP contribution in [0.1, 0.15) is 24.0 Å².